The van der Waals surface area contributed by atoms with Crippen LogP contribution < -0.4 is 10.6 Å². The summed E-state index contributed by atoms with van der Waals surface area (Å²) in [6, 6.07) is 6.27. The maximum Gasteiger partial charge on any atom is 0.433 e. The molecule has 2 heterocycles. The van der Waals surface area contributed by atoms with Crippen molar-refractivity contribution in [1.29, 1.82) is 0 Å². The Hall–Kier alpha value is -3.04. The number of carbonyl (C=O) groups is 2. The van der Waals surface area contributed by atoms with E-state index in [2.05, 4.69) is 15.6 Å². The number of nitrogens with zero attached hydrogens (tertiary/aromatic N) is 1. The highest BCUT2D eigenvalue weighted by atomic mass is 19.4. The van der Waals surface area contributed by atoms with Crippen LogP contribution in [0.1, 0.15) is 17.3 Å². The summed E-state index contributed by atoms with van der Waals surface area (Å²) in [6.45, 7) is -0.114. The Morgan fingerprint density at radius 3 is 2.56 bits per heavy atom. The van der Waals surface area contributed by atoms with E-state index in [0.29, 0.717) is 0 Å². The Morgan fingerprint density at radius 1 is 1.15 bits per heavy atom. The van der Waals surface area contributed by atoms with Crippen molar-refractivity contribution in [2.24, 2.45) is 5.92 Å². The fourth-order valence-electron chi connectivity index (χ4n) is 2.82. The molecule has 1 aromatic carbocycles. The highest BCUT2D eigenvalue weighted by Gasteiger charge is 2.43. The zero-order valence-corrected chi connectivity index (χ0v) is 13.5. The van der Waals surface area contributed by atoms with E-state index in [0.717, 1.165) is 30.3 Å². The summed E-state index contributed by atoms with van der Waals surface area (Å²) in [4.78, 5) is 28.0. The van der Waals surface area contributed by atoms with Gasteiger partial charge in [0.2, 0.25) is 11.8 Å². The van der Waals surface area contributed by atoms with Gasteiger partial charge in [-0.15, -0.1) is 0 Å². The summed E-state index contributed by atoms with van der Waals surface area (Å²) >= 11 is 0. The summed E-state index contributed by atoms with van der Waals surface area (Å²) in [5.74, 6) is -6.65. The van der Waals surface area contributed by atoms with Gasteiger partial charge >= 0.3 is 6.18 Å². The molecule has 1 fully saturated rings. The quantitative estimate of drug-likeness (QED) is 0.631. The summed E-state index contributed by atoms with van der Waals surface area (Å²) in [5.41, 5.74) is -1.74. The van der Waals surface area contributed by atoms with Crippen LogP contribution in [-0.4, -0.2) is 23.3 Å². The minimum Gasteiger partial charge on any atom is -0.355 e. The van der Waals surface area contributed by atoms with Crippen molar-refractivity contribution in [3.05, 3.63) is 59.4 Å². The van der Waals surface area contributed by atoms with Gasteiger partial charge in [0.25, 0.3) is 0 Å². The van der Waals surface area contributed by atoms with Gasteiger partial charge < -0.3 is 10.6 Å². The lowest BCUT2D eigenvalue weighted by molar-refractivity contribution is -0.141. The molecule has 0 spiro atoms. The second-order valence-electron chi connectivity index (χ2n) is 5.87. The molecule has 0 radical (unpaired) electrons. The molecule has 5 nitrogen and oxygen atoms in total. The fourth-order valence-corrected chi connectivity index (χ4v) is 2.82. The van der Waals surface area contributed by atoms with E-state index < -0.39 is 52.8 Å². The van der Waals surface area contributed by atoms with Gasteiger partial charge in [-0.2, -0.15) is 13.2 Å². The lowest BCUT2D eigenvalue weighted by Crippen LogP contribution is -2.32. The first-order chi connectivity index (χ1) is 12.7. The van der Waals surface area contributed by atoms with Gasteiger partial charge in [0, 0.05) is 18.2 Å². The molecule has 0 saturated carbocycles. The molecule has 2 amide bonds. The van der Waals surface area contributed by atoms with Crippen LogP contribution >= 0.6 is 0 Å². The second-order valence-corrected chi connectivity index (χ2v) is 5.87. The number of nitrogens with one attached hydrogen (secondary N) is 2. The van der Waals surface area contributed by atoms with Gasteiger partial charge in [-0.05, 0) is 24.3 Å². The monoisotopic (exact) mass is 385 g/mol. The van der Waals surface area contributed by atoms with E-state index in [9.17, 15) is 31.5 Å². The molecule has 27 heavy (non-hydrogen) atoms. The van der Waals surface area contributed by atoms with Gasteiger partial charge in [0.05, 0.1) is 5.69 Å². The molecule has 3 rings (SSSR count). The maximum absolute atomic E-state index is 13.7. The summed E-state index contributed by atoms with van der Waals surface area (Å²) in [6.07, 6.45) is -4.69. The minimum absolute atomic E-state index is 0.108. The molecular formula is C17H12F5N3O2. The molecular weight excluding hydrogens is 373 g/mol. The molecule has 2 N–H and O–H groups in total. The van der Waals surface area contributed by atoms with Crippen molar-refractivity contribution in [2.75, 3.05) is 11.9 Å². The summed E-state index contributed by atoms with van der Waals surface area (Å²) in [7, 11) is 0. The van der Waals surface area contributed by atoms with Gasteiger partial charge in [-0.3, -0.25) is 9.59 Å². The van der Waals surface area contributed by atoms with Crippen LogP contribution in [0.2, 0.25) is 0 Å². The lowest BCUT2D eigenvalue weighted by atomic mass is 9.91. The molecule has 1 aliphatic rings. The number of hydrogen-bond acceptors (Lipinski definition) is 3. The van der Waals surface area contributed by atoms with Gasteiger partial charge in [-0.25, -0.2) is 13.8 Å². The van der Waals surface area contributed by atoms with Crippen LogP contribution in [0.4, 0.5) is 27.6 Å². The Kier molecular flexibility index (Phi) is 4.81. The molecule has 2 aromatic rings. The fraction of sp³-hybridized carbons (Fsp3) is 0.235. The van der Waals surface area contributed by atoms with E-state index in [1.54, 1.807) is 0 Å². The first kappa shape index (κ1) is 18.7. The van der Waals surface area contributed by atoms with Gasteiger partial charge in [0.15, 0.2) is 11.6 Å². The van der Waals surface area contributed by atoms with Crippen molar-refractivity contribution in [2.45, 2.75) is 12.1 Å². The smallest absolute Gasteiger partial charge is 0.355 e. The van der Waals surface area contributed by atoms with E-state index in [1.807, 2.05) is 0 Å². The molecule has 0 unspecified atom stereocenters. The van der Waals surface area contributed by atoms with Crippen molar-refractivity contribution in [3.63, 3.8) is 0 Å². The Balaban J connectivity index is 1.88. The van der Waals surface area contributed by atoms with Crippen LogP contribution in [0.25, 0.3) is 0 Å². The Labute approximate surface area is 149 Å². The third-order valence-corrected chi connectivity index (χ3v) is 4.11. The van der Waals surface area contributed by atoms with Crippen LogP contribution in [0.3, 0.4) is 0 Å². The first-order valence-corrected chi connectivity index (χ1v) is 7.75. The number of hydrogen-bond donors (Lipinski definition) is 2. The van der Waals surface area contributed by atoms with Crippen molar-refractivity contribution < 1.29 is 31.5 Å². The van der Waals surface area contributed by atoms with Crippen molar-refractivity contribution in [3.8, 4) is 0 Å². The average molecular weight is 385 g/mol. The summed E-state index contributed by atoms with van der Waals surface area (Å²) < 4.78 is 65.5. The number of aromatic nitrogens is 1. The van der Waals surface area contributed by atoms with Crippen LogP contribution in [-0.2, 0) is 15.8 Å². The van der Waals surface area contributed by atoms with Gasteiger partial charge in [-0.1, -0.05) is 12.1 Å². The Bertz CT molecular complexity index is 900. The van der Waals surface area contributed by atoms with Crippen molar-refractivity contribution in [1.82, 2.24) is 10.3 Å². The molecule has 2 atom stereocenters. The number of benzene rings is 1. The normalized spacial score (nSPS) is 19.7. The number of halogens is 5. The minimum atomic E-state index is -4.69. The number of anilines is 1. The van der Waals surface area contributed by atoms with Gasteiger partial charge in [0.1, 0.15) is 11.6 Å². The largest absolute Gasteiger partial charge is 0.433 e. The van der Waals surface area contributed by atoms with E-state index in [1.165, 1.54) is 6.07 Å². The number of pyridine rings is 1. The van der Waals surface area contributed by atoms with E-state index in [-0.39, 0.29) is 12.2 Å². The lowest BCUT2D eigenvalue weighted by Gasteiger charge is -2.17. The van der Waals surface area contributed by atoms with Crippen molar-refractivity contribution >= 4 is 17.5 Å². The van der Waals surface area contributed by atoms with Crippen LogP contribution in [0.5, 0.6) is 0 Å². The van der Waals surface area contributed by atoms with E-state index in [4.69, 9.17) is 0 Å². The zero-order valence-electron chi connectivity index (χ0n) is 13.5. The van der Waals surface area contributed by atoms with Crippen LogP contribution in [0.15, 0.2) is 36.4 Å². The SMILES string of the molecule is O=C1NC[C@H](c2cccc(C(F)(F)F)n2)[C@H]1C(=O)Nc1cccc(F)c1F. The number of rotatable bonds is 3. The Morgan fingerprint density at radius 2 is 1.85 bits per heavy atom. The second kappa shape index (κ2) is 6.93. The number of alkyl halides is 3. The van der Waals surface area contributed by atoms with E-state index >= 15 is 0 Å². The standard InChI is InChI=1S/C17H12F5N3O2/c18-9-3-1-5-11(14(9)19)25-16(27)13-8(7-23-15(13)26)10-4-2-6-12(24-10)17(20,21)22/h1-6,8,13H,7H2,(H,23,26)(H,25,27)/t8-,13-/m1/s1. The molecule has 0 aliphatic carbocycles. The predicted octanol–water partition coefficient (Wildman–Crippen LogP) is 2.85. The predicted molar refractivity (Wildman–Crippen MR) is 83.5 cm³/mol. The highest BCUT2D eigenvalue weighted by molar-refractivity contribution is 6.08. The maximum atomic E-state index is 13.7. The molecule has 142 valence electrons. The number of carbonyl (C=O) groups excluding carboxylic acids is 2. The zero-order chi connectivity index (χ0) is 19.8. The number of amides is 2. The topological polar surface area (TPSA) is 71.1 Å². The molecule has 1 saturated heterocycles. The first-order valence-electron chi connectivity index (χ1n) is 7.75. The molecule has 1 aromatic heterocycles. The highest BCUT2D eigenvalue weighted by Crippen LogP contribution is 2.33. The average Bonchev–Trinajstić information content (AvgIpc) is 3.00. The molecule has 0 bridgehead atoms. The molecule has 1 aliphatic heterocycles. The van der Waals surface area contributed by atoms with Crippen LogP contribution in [0, 0.1) is 17.6 Å². The third kappa shape index (κ3) is 3.74. The third-order valence-electron chi connectivity index (χ3n) is 4.11. The summed E-state index contributed by atoms with van der Waals surface area (Å²) in [5, 5.41) is 4.48. The molecule has 10 heteroatoms.